The third-order valence-electron chi connectivity index (χ3n) is 2.77. The van der Waals surface area contributed by atoms with Crippen molar-refractivity contribution in [1.29, 1.82) is 0 Å². The van der Waals surface area contributed by atoms with Gasteiger partial charge in [0.05, 0.1) is 11.0 Å². The second-order valence-corrected chi connectivity index (χ2v) is 3.89. The molecule has 0 atom stereocenters. The van der Waals surface area contributed by atoms with Crippen LogP contribution in [0.15, 0.2) is 6.07 Å². The predicted octanol–water partition coefficient (Wildman–Crippen LogP) is 1.86. The zero-order valence-electron chi connectivity index (χ0n) is 8.67. The van der Waals surface area contributed by atoms with Crippen LogP contribution in [0.4, 0.5) is 14.5 Å². The van der Waals surface area contributed by atoms with Gasteiger partial charge in [0.2, 0.25) is 5.82 Å². The molecule has 1 heterocycles. The maximum absolute atomic E-state index is 13.7. The van der Waals surface area contributed by atoms with E-state index in [9.17, 15) is 18.9 Å². The van der Waals surface area contributed by atoms with Gasteiger partial charge in [0.25, 0.3) is 0 Å². The van der Waals surface area contributed by atoms with Crippen molar-refractivity contribution in [2.24, 2.45) is 0 Å². The van der Waals surface area contributed by atoms with E-state index in [1.165, 1.54) is 0 Å². The minimum absolute atomic E-state index is 0.112. The summed E-state index contributed by atoms with van der Waals surface area (Å²) in [5, 5.41) is 10.5. The van der Waals surface area contributed by atoms with Gasteiger partial charge < -0.3 is 4.90 Å². The van der Waals surface area contributed by atoms with Gasteiger partial charge in [-0.05, 0) is 19.0 Å². The lowest BCUT2D eigenvalue weighted by Crippen LogP contribution is -2.28. The van der Waals surface area contributed by atoms with Gasteiger partial charge in [-0.3, -0.25) is 10.1 Å². The summed E-state index contributed by atoms with van der Waals surface area (Å²) in [6.45, 7) is 0.834. The minimum atomic E-state index is -0.909. The highest BCUT2D eigenvalue weighted by Crippen LogP contribution is 2.30. The highest BCUT2D eigenvalue weighted by atomic mass is 19.1. The normalized spacial score (nSPS) is 15.9. The molecule has 0 fully saturated rings. The van der Waals surface area contributed by atoms with Crippen LogP contribution in [0, 0.1) is 21.7 Å². The van der Waals surface area contributed by atoms with Gasteiger partial charge in [0.15, 0.2) is 0 Å². The molecule has 1 aromatic rings. The molecule has 0 saturated heterocycles. The summed E-state index contributed by atoms with van der Waals surface area (Å²) >= 11 is 0. The van der Waals surface area contributed by atoms with Gasteiger partial charge in [0, 0.05) is 18.7 Å². The van der Waals surface area contributed by atoms with Crippen LogP contribution in [0.3, 0.4) is 0 Å². The molecule has 0 unspecified atom stereocenters. The van der Waals surface area contributed by atoms with Crippen LogP contribution >= 0.6 is 0 Å². The van der Waals surface area contributed by atoms with E-state index in [-0.39, 0.29) is 17.7 Å². The van der Waals surface area contributed by atoms with E-state index in [2.05, 4.69) is 0 Å². The summed E-state index contributed by atoms with van der Waals surface area (Å²) in [5.41, 5.74) is -0.409. The maximum Gasteiger partial charge on any atom is 0.308 e. The van der Waals surface area contributed by atoms with Gasteiger partial charge >= 0.3 is 5.69 Å². The molecule has 86 valence electrons. The maximum atomic E-state index is 13.7. The van der Waals surface area contributed by atoms with Crippen molar-refractivity contribution in [2.75, 3.05) is 13.6 Å². The predicted molar refractivity (Wildman–Crippen MR) is 53.1 cm³/mol. The molecular formula is C10H10F2N2O2. The number of rotatable bonds is 1. The Kier molecular flexibility index (Phi) is 2.59. The summed E-state index contributed by atoms with van der Waals surface area (Å²) < 4.78 is 27.2. The van der Waals surface area contributed by atoms with Gasteiger partial charge in [0.1, 0.15) is 5.82 Å². The fourth-order valence-corrected chi connectivity index (χ4v) is 1.92. The second kappa shape index (κ2) is 3.79. The number of hydrogen-bond donors (Lipinski definition) is 0. The van der Waals surface area contributed by atoms with E-state index < -0.39 is 22.2 Å². The Balaban J connectivity index is 2.61. The zero-order chi connectivity index (χ0) is 11.9. The SMILES string of the molecule is CN1CCc2c(F)cc([N+](=O)[O-])c(F)c2C1. The Bertz CT molecular complexity index is 463. The summed E-state index contributed by atoms with van der Waals surface area (Å²) in [4.78, 5) is 11.4. The summed E-state index contributed by atoms with van der Waals surface area (Å²) in [6, 6.07) is 0.666. The molecule has 1 aliphatic rings. The first kappa shape index (κ1) is 10.9. The molecule has 0 amide bonds. The first-order valence-corrected chi connectivity index (χ1v) is 4.83. The fraction of sp³-hybridized carbons (Fsp3) is 0.400. The smallest absolute Gasteiger partial charge is 0.302 e. The topological polar surface area (TPSA) is 46.4 Å². The Morgan fingerprint density at radius 1 is 1.44 bits per heavy atom. The third kappa shape index (κ3) is 1.65. The standard InChI is InChI=1S/C10H10F2N2O2/c1-13-3-2-6-7(5-13)10(12)9(14(15)16)4-8(6)11/h4H,2-3,5H2,1H3. The molecular weight excluding hydrogens is 218 g/mol. The molecule has 0 N–H and O–H groups in total. The Morgan fingerprint density at radius 3 is 2.75 bits per heavy atom. The van der Waals surface area contributed by atoms with Gasteiger partial charge in [-0.2, -0.15) is 4.39 Å². The Morgan fingerprint density at radius 2 is 2.12 bits per heavy atom. The van der Waals surface area contributed by atoms with Crippen LogP contribution in [-0.4, -0.2) is 23.4 Å². The van der Waals surface area contributed by atoms with Gasteiger partial charge in [-0.15, -0.1) is 0 Å². The van der Waals surface area contributed by atoms with E-state index in [0.29, 0.717) is 19.0 Å². The van der Waals surface area contributed by atoms with Crippen molar-refractivity contribution >= 4 is 5.69 Å². The Labute approximate surface area is 90.6 Å². The molecule has 0 aromatic heterocycles. The van der Waals surface area contributed by atoms with Crippen LogP contribution in [0.2, 0.25) is 0 Å². The molecule has 2 rings (SSSR count). The molecule has 0 bridgehead atoms. The molecule has 1 aliphatic heterocycles. The van der Waals surface area contributed by atoms with Gasteiger partial charge in [-0.25, -0.2) is 4.39 Å². The molecule has 0 spiro atoms. The molecule has 1 aromatic carbocycles. The number of nitro benzene ring substituents is 1. The second-order valence-electron chi connectivity index (χ2n) is 3.89. The van der Waals surface area contributed by atoms with Crippen molar-refractivity contribution in [1.82, 2.24) is 4.90 Å². The van der Waals surface area contributed by atoms with E-state index in [1.54, 1.807) is 11.9 Å². The summed E-state index contributed by atoms with van der Waals surface area (Å²) in [5.74, 6) is -1.59. The number of hydrogen-bond acceptors (Lipinski definition) is 3. The van der Waals surface area contributed by atoms with Crippen LogP contribution in [0.25, 0.3) is 0 Å². The number of nitrogens with zero attached hydrogens (tertiary/aromatic N) is 2. The largest absolute Gasteiger partial charge is 0.308 e. The lowest BCUT2D eigenvalue weighted by atomic mass is 9.98. The lowest BCUT2D eigenvalue weighted by Gasteiger charge is -2.25. The van der Waals surface area contributed by atoms with E-state index in [0.717, 1.165) is 0 Å². The van der Waals surface area contributed by atoms with Crippen molar-refractivity contribution in [2.45, 2.75) is 13.0 Å². The number of fused-ring (bicyclic) bond motifs is 1. The van der Waals surface area contributed by atoms with Crippen molar-refractivity contribution < 1.29 is 13.7 Å². The van der Waals surface area contributed by atoms with Crippen LogP contribution in [-0.2, 0) is 13.0 Å². The van der Waals surface area contributed by atoms with E-state index in [1.807, 2.05) is 0 Å². The minimum Gasteiger partial charge on any atom is -0.302 e. The monoisotopic (exact) mass is 228 g/mol. The Hall–Kier alpha value is -1.56. The van der Waals surface area contributed by atoms with Crippen LogP contribution in [0.5, 0.6) is 0 Å². The third-order valence-corrected chi connectivity index (χ3v) is 2.77. The summed E-state index contributed by atoms with van der Waals surface area (Å²) in [7, 11) is 1.76. The first-order chi connectivity index (χ1) is 7.50. The molecule has 0 aliphatic carbocycles. The highest BCUT2D eigenvalue weighted by molar-refractivity contribution is 5.44. The summed E-state index contributed by atoms with van der Waals surface area (Å²) in [6.07, 6.45) is 0.382. The fourth-order valence-electron chi connectivity index (χ4n) is 1.92. The van der Waals surface area contributed by atoms with Crippen molar-refractivity contribution in [3.05, 3.63) is 38.9 Å². The molecule has 6 heteroatoms. The first-order valence-electron chi connectivity index (χ1n) is 4.83. The quantitative estimate of drug-likeness (QED) is 0.544. The average Bonchev–Trinajstić information content (AvgIpc) is 2.22. The van der Waals surface area contributed by atoms with E-state index in [4.69, 9.17) is 0 Å². The zero-order valence-corrected chi connectivity index (χ0v) is 8.67. The van der Waals surface area contributed by atoms with Crippen molar-refractivity contribution in [3.8, 4) is 0 Å². The number of nitro groups is 1. The molecule has 0 radical (unpaired) electrons. The van der Waals surface area contributed by atoms with Crippen LogP contribution in [0.1, 0.15) is 11.1 Å². The number of likely N-dealkylation sites (N-methyl/N-ethyl adjacent to an activating group) is 1. The highest BCUT2D eigenvalue weighted by Gasteiger charge is 2.27. The van der Waals surface area contributed by atoms with Crippen LogP contribution < -0.4 is 0 Å². The number of halogens is 2. The lowest BCUT2D eigenvalue weighted by molar-refractivity contribution is -0.387. The molecule has 16 heavy (non-hydrogen) atoms. The molecule has 4 nitrogen and oxygen atoms in total. The van der Waals surface area contributed by atoms with Gasteiger partial charge in [-0.1, -0.05) is 0 Å². The van der Waals surface area contributed by atoms with Crippen molar-refractivity contribution in [3.63, 3.8) is 0 Å². The van der Waals surface area contributed by atoms with E-state index >= 15 is 0 Å². The number of benzene rings is 1. The average molecular weight is 228 g/mol. The molecule has 0 saturated carbocycles.